The molecule has 2 rings (SSSR count). The molecule has 0 N–H and O–H groups in total. The van der Waals surface area contributed by atoms with Gasteiger partial charge in [-0.15, -0.1) is 0 Å². The van der Waals surface area contributed by atoms with Crippen LogP contribution in [0.15, 0.2) is 22.8 Å². The average Bonchev–Trinajstić information content (AvgIpc) is 3.06. The molecular weight excluding hydrogens is 274 g/mol. The number of methoxy groups -OCH3 is 1. The lowest BCUT2D eigenvalue weighted by Crippen LogP contribution is -2.11. The number of esters is 2. The summed E-state index contributed by atoms with van der Waals surface area (Å²) in [5.41, 5.74) is 1.57. The Morgan fingerprint density at radius 1 is 1.33 bits per heavy atom. The third-order valence-corrected chi connectivity index (χ3v) is 3.31. The van der Waals surface area contributed by atoms with E-state index in [1.807, 2.05) is 0 Å². The Bertz CT molecular complexity index is 667. The summed E-state index contributed by atoms with van der Waals surface area (Å²) in [5, 5.41) is 0. The fraction of sp³-hybridized carbons (Fsp3) is 0.333. The highest BCUT2D eigenvalue weighted by atomic mass is 16.5. The molecule has 6 nitrogen and oxygen atoms in total. The van der Waals surface area contributed by atoms with E-state index in [0.29, 0.717) is 22.6 Å². The van der Waals surface area contributed by atoms with Crippen molar-refractivity contribution in [2.75, 3.05) is 13.7 Å². The van der Waals surface area contributed by atoms with Gasteiger partial charge < -0.3 is 18.5 Å². The van der Waals surface area contributed by atoms with Crippen LogP contribution in [0.5, 0.6) is 0 Å². The monoisotopic (exact) mass is 291 g/mol. The largest absolute Gasteiger partial charge is 0.465 e. The van der Waals surface area contributed by atoms with Gasteiger partial charge in [0.25, 0.3) is 0 Å². The minimum atomic E-state index is -0.523. The molecule has 0 aliphatic heterocycles. The molecule has 6 heteroatoms. The van der Waals surface area contributed by atoms with E-state index in [2.05, 4.69) is 0 Å². The first-order valence-electron chi connectivity index (χ1n) is 6.51. The molecular formula is C15H17NO5. The minimum Gasteiger partial charge on any atom is -0.465 e. The summed E-state index contributed by atoms with van der Waals surface area (Å²) in [6.07, 6.45) is 1.48. The van der Waals surface area contributed by atoms with Gasteiger partial charge in [-0.25, -0.2) is 9.59 Å². The van der Waals surface area contributed by atoms with Gasteiger partial charge in [0.1, 0.15) is 11.5 Å². The van der Waals surface area contributed by atoms with Crippen molar-refractivity contribution in [3.63, 3.8) is 0 Å². The van der Waals surface area contributed by atoms with Gasteiger partial charge in [-0.05, 0) is 26.0 Å². The summed E-state index contributed by atoms with van der Waals surface area (Å²) >= 11 is 0. The number of aromatic nitrogens is 1. The zero-order chi connectivity index (χ0) is 15.6. The molecule has 0 aliphatic carbocycles. The molecule has 2 aromatic heterocycles. The lowest BCUT2D eigenvalue weighted by molar-refractivity contribution is 0.0515. The molecule has 0 bridgehead atoms. The van der Waals surface area contributed by atoms with Crippen molar-refractivity contribution in [3.8, 4) is 11.3 Å². The van der Waals surface area contributed by atoms with Gasteiger partial charge in [-0.2, -0.15) is 0 Å². The van der Waals surface area contributed by atoms with Gasteiger partial charge in [0.15, 0.2) is 0 Å². The second kappa shape index (κ2) is 5.87. The van der Waals surface area contributed by atoms with Crippen LogP contribution in [-0.2, 0) is 16.5 Å². The van der Waals surface area contributed by atoms with Crippen molar-refractivity contribution >= 4 is 11.9 Å². The molecule has 0 unspecified atom stereocenters. The third kappa shape index (κ3) is 2.44. The third-order valence-electron chi connectivity index (χ3n) is 3.31. The lowest BCUT2D eigenvalue weighted by atomic mass is 10.1. The SMILES string of the molecule is CCOC(=O)c1c(-c2ccco2)c(C(=O)OC)c(C)n1C. The molecule has 0 spiro atoms. The summed E-state index contributed by atoms with van der Waals surface area (Å²) in [5.74, 6) is -0.614. The van der Waals surface area contributed by atoms with E-state index < -0.39 is 11.9 Å². The molecule has 0 radical (unpaired) electrons. The van der Waals surface area contributed by atoms with E-state index in [0.717, 1.165) is 0 Å². The zero-order valence-electron chi connectivity index (χ0n) is 12.4. The van der Waals surface area contributed by atoms with E-state index in [9.17, 15) is 9.59 Å². The first-order chi connectivity index (χ1) is 10.0. The predicted molar refractivity (Wildman–Crippen MR) is 75.1 cm³/mol. The maximum absolute atomic E-state index is 12.2. The van der Waals surface area contributed by atoms with Gasteiger partial charge in [0.05, 0.1) is 31.1 Å². The highest BCUT2D eigenvalue weighted by Gasteiger charge is 2.31. The molecule has 0 aliphatic rings. The summed E-state index contributed by atoms with van der Waals surface area (Å²) in [4.78, 5) is 24.3. The van der Waals surface area contributed by atoms with Crippen molar-refractivity contribution in [2.45, 2.75) is 13.8 Å². The molecule has 0 saturated carbocycles. The number of nitrogens with zero attached hydrogens (tertiary/aromatic N) is 1. The Balaban J connectivity index is 2.75. The second-order valence-electron chi connectivity index (χ2n) is 4.43. The second-order valence-corrected chi connectivity index (χ2v) is 4.43. The van der Waals surface area contributed by atoms with Crippen LogP contribution in [0, 0.1) is 6.92 Å². The zero-order valence-corrected chi connectivity index (χ0v) is 12.4. The number of hydrogen-bond donors (Lipinski definition) is 0. The van der Waals surface area contributed by atoms with Gasteiger partial charge in [0, 0.05) is 12.7 Å². The maximum atomic E-state index is 12.2. The van der Waals surface area contributed by atoms with Gasteiger partial charge in [-0.1, -0.05) is 0 Å². The number of carbonyl (C=O) groups is 2. The number of ether oxygens (including phenoxy) is 2. The van der Waals surface area contributed by atoms with Crippen LogP contribution in [0.4, 0.5) is 0 Å². The Morgan fingerprint density at radius 2 is 2.05 bits per heavy atom. The quantitative estimate of drug-likeness (QED) is 0.810. The van der Waals surface area contributed by atoms with Crippen molar-refractivity contribution in [1.29, 1.82) is 0 Å². The van der Waals surface area contributed by atoms with Crippen molar-refractivity contribution in [3.05, 3.63) is 35.3 Å². The number of carbonyl (C=O) groups excluding carboxylic acids is 2. The van der Waals surface area contributed by atoms with Crippen LogP contribution in [0.1, 0.15) is 33.5 Å². The number of rotatable bonds is 4. The summed E-state index contributed by atoms with van der Waals surface area (Å²) in [7, 11) is 2.99. The topological polar surface area (TPSA) is 70.7 Å². The van der Waals surface area contributed by atoms with E-state index in [4.69, 9.17) is 13.9 Å². The number of hydrogen-bond acceptors (Lipinski definition) is 5. The molecule has 0 saturated heterocycles. The summed E-state index contributed by atoms with van der Waals surface area (Å²) in [6, 6.07) is 3.37. The van der Waals surface area contributed by atoms with Crippen molar-refractivity contribution in [2.24, 2.45) is 7.05 Å². The minimum absolute atomic E-state index is 0.244. The van der Waals surface area contributed by atoms with Gasteiger partial charge in [0.2, 0.25) is 0 Å². The normalized spacial score (nSPS) is 10.5. The Hall–Kier alpha value is -2.50. The number of furan rings is 1. The van der Waals surface area contributed by atoms with Crippen molar-refractivity contribution < 1.29 is 23.5 Å². The molecule has 0 aromatic carbocycles. The molecule has 0 amide bonds. The first-order valence-corrected chi connectivity index (χ1v) is 6.51. The van der Waals surface area contributed by atoms with E-state index in [-0.39, 0.29) is 12.3 Å². The highest BCUT2D eigenvalue weighted by Crippen LogP contribution is 2.33. The first kappa shape index (κ1) is 14.9. The molecule has 0 atom stereocenters. The molecule has 2 aromatic rings. The Morgan fingerprint density at radius 3 is 2.57 bits per heavy atom. The molecule has 112 valence electrons. The molecule has 2 heterocycles. The average molecular weight is 291 g/mol. The van der Waals surface area contributed by atoms with Crippen LogP contribution in [0.3, 0.4) is 0 Å². The van der Waals surface area contributed by atoms with Crippen LogP contribution in [-0.4, -0.2) is 30.2 Å². The van der Waals surface area contributed by atoms with Crippen LogP contribution in [0.25, 0.3) is 11.3 Å². The van der Waals surface area contributed by atoms with Crippen LogP contribution >= 0.6 is 0 Å². The fourth-order valence-electron chi connectivity index (χ4n) is 2.25. The van der Waals surface area contributed by atoms with E-state index >= 15 is 0 Å². The predicted octanol–water partition coefficient (Wildman–Crippen LogP) is 2.56. The lowest BCUT2D eigenvalue weighted by Gasteiger charge is -2.06. The molecule has 0 fully saturated rings. The van der Waals surface area contributed by atoms with Crippen LogP contribution < -0.4 is 0 Å². The fourth-order valence-corrected chi connectivity index (χ4v) is 2.25. The van der Waals surface area contributed by atoms with Crippen LogP contribution in [0.2, 0.25) is 0 Å². The standard InChI is InChI=1S/C15H17NO5/c1-5-20-15(18)13-12(10-7-6-8-21-10)11(14(17)19-4)9(2)16(13)3/h6-8H,5H2,1-4H3. The van der Waals surface area contributed by atoms with Gasteiger partial charge in [-0.3, -0.25) is 0 Å². The highest BCUT2D eigenvalue weighted by molar-refractivity contribution is 6.06. The molecule has 21 heavy (non-hydrogen) atoms. The Kier molecular flexibility index (Phi) is 4.16. The Labute approximate surface area is 122 Å². The summed E-state index contributed by atoms with van der Waals surface area (Å²) < 4.78 is 16.9. The summed E-state index contributed by atoms with van der Waals surface area (Å²) in [6.45, 7) is 3.71. The maximum Gasteiger partial charge on any atom is 0.355 e. The van der Waals surface area contributed by atoms with Gasteiger partial charge >= 0.3 is 11.9 Å². The van der Waals surface area contributed by atoms with E-state index in [1.165, 1.54) is 13.4 Å². The van der Waals surface area contributed by atoms with Crippen molar-refractivity contribution in [1.82, 2.24) is 4.57 Å². The smallest absolute Gasteiger partial charge is 0.355 e. The van der Waals surface area contributed by atoms with E-state index in [1.54, 1.807) is 37.6 Å².